The first-order valence-electron chi connectivity index (χ1n) is 10.1. The first-order valence-corrected chi connectivity index (χ1v) is 11.2. The van der Waals surface area contributed by atoms with Gasteiger partial charge in [-0.05, 0) is 87.5 Å². The highest BCUT2D eigenvalue weighted by Gasteiger charge is 2.12. The highest BCUT2D eigenvalue weighted by molar-refractivity contribution is 14.1. The summed E-state index contributed by atoms with van der Waals surface area (Å²) in [6, 6.07) is 25.7. The van der Waals surface area contributed by atoms with Gasteiger partial charge < -0.3 is 0 Å². The molecule has 0 fully saturated rings. The summed E-state index contributed by atoms with van der Waals surface area (Å²) in [4.78, 5) is 28.8. The Kier molecular flexibility index (Phi) is 5.47. The molecule has 1 heterocycles. The topological polar surface area (TPSA) is 78.0 Å². The largest absolute Gasteiger partial charge is 0.269 e. The molecule has 0 bridgehead atoms. The Bertz CT molecular complexity index is 1620. The van der Waals surface area contributed by atoms with Crippen molar-refractivity contribution in [2.75, 3.05) is 0 Å². The minimum absolute atomic E-state index is 0.0265. The number of aromatic nitrogens is 2. The fraction of sp³-hybridized carbons (Fsp3) is 0. The SMILES string of the molecule is O=c1c2cc(I)ccc2nc(C=Cc2ccc([N+](=O)[O-])cc2)n1-c1ccc2ccccc2c1. The smallest absolute Gasteiger partial charge is 0.268 e. The van der Waals surface area contributed by atoms with Gasteiger partial charge >= 0.3 is 0 Å². The van der Waals surface area contributed by atoms with Crippen molar-refractivity contribution in [2.45, 2.75) is 0 Å². The van der Waals surface area contributed by atoms with E-state index in [0.717, 1.165) is 25.6 Å². The van der Waals surface area contributed by atoms with Gasteiger partial charge in [-0.25, -0.2) is 4.98 Å². The third kappa shape index (κ3) is 4.14. The first kappa shape index (κ1) is 21.0. The molecule has 4 aromatic carbocycles. The van der Waals surface area contributed by atoms with Crippen LogP contribution in [0.1, 0.15) is 11.4 Å². The van der Waals surface area contributed by atoms with Crippen molar-refractivity contribution < 1.29 is 4.92 Å². The van der Waals surface area contributed by atoms with Crippen molar-refractivity contribution in [1.82, 2.24) is 9.55 Å². The summed E-state index contributed by atoms with van der Waals surface area (Å²) in [5, 5.41) is 13.6. The maximum Gasteiger partial charge on any atom is 0.269 e. The average molecular weight is 545 g/mol. The van der Waals surface area contributed by atoms with Gasteiger partial charge in [-0.1, -0.05) is 36.4 Å². The molecule has 7 heteroatoms. The lowest BCUT2D eigenvalue weighted by atomic mass is 10.1. The molecular formula is C26H16IN3O3. The number of benzene rings is 4. The van der Waals surface area contributed by atoms with Crippen LogP contribution in [0.5, 0.6) is 0 Å². The number of nitro groups is 1. The number of halogens is 1. The quantitative estimate of drug-likeness (QED) is 0.153. The average Bonchev–Trinajstić information content (AvgIpc) is 2.83. The molecule has 33 heavy (non-hydrogen) atoms. The number of rotatable bonds is 4. The first-order chi connectivity index (χ1) is 16.0. The van der Waals surface area contributed by atoms with E-state index in [1.807, 2.05) is 60.7 Å². The zero-order valence-corrected chi connectivity index (χ0v) is 19.3. The number of non-ortho nitro benzene ring substituents is 1. The van der Waals surface area contributed by atoms with Gasteiger partial charge in [0.2, 0.25) is 0 Å². The number of fused-ring (bicyclic) bond motifs is 2. The predicted octanol–water partition coefficient (Wildman–Crippen LogP) is 6.22. The van der Waals surface area contributed by atoms with Crippen molar-refractivity contribution in [3.05, 3.63) is 120 Å². The normalized spacial score (nSPS) is 11.4. The molecule has 160 valence electrons. The van der Waals surface area contributed by atoms with E-state index in [1.165, 1.54) is 12.1 Å². The Morgan fingerprint density at radius 3 is 2.39 bits per heavy atom. The highest BCUT2D eigenvalue weighted by Crippen LogP contribution is 2.22. The number of hydrogen-bond donors (Lipinski definition) is 0. The van der Waals surface area contributed by atoms with Crippen LogP contribution in [0.25, 0.3) is 39.5 Å². The van der Waals surface area contributed by atoms with Gasteiger partial charge in [0.25, 0.3) is 11.2 Å². The summed E-state index contributed by atoms with van der Waals surface area (Å²) in [6.45, 7) is 0. The van der Waals surface area contributed by atoms with Crippen molar-refractivity contribution in [1.29, 1.82) is 0 Å². The molecule has 6 nitrogen and oxygen atoms in total. The summed E-state index contributed by atoms with van der Waals surface area (Å²) in [6.07, 6.45) is 3.55. The molecule has 5 aromatic rings. The van der Waals surface area contributed by atoms with E-state index < -0.39 is 4.92 Å². The van der Waals surface area contributed by atoms with Gasteiger partial charge in [-0.2, -0.15) is 0 Å². The minimum atomic E-state index is -0.433. The summed E-state index contributed by atoms with van der Waals surface area (Å²) in [7, 11) is 0. The van der Waals surface area contributed by atoms with Crippen LogP contribution in [-0.4, -0.2) is 14.5 Å². The lowest BCUT2D eigenvalue weighted by Crippen LogP contribution is -2.22. The lowest BCUT2D eigenvalue weighted by Gasteiger charge is -2.12. The fourth-order valence-electron chi connectivity index (χ4n) is 3.73. The molecule has 0 aliphatic heterocycles. The van der Waals surface area contributed by atoms with Crippen LogP contribution >= 0.6 is 22.6 Å². The molecule has 0 radical (unpaired) electrons. The lowest BCUT2D eigenvalue weighted by molar-refractivity contribution is -0.384. The zero-order valence-electron chi connectivity index (χ0n) is 17.2. The van der Waals surface area contributed by atoms with Crippen molar-refractivity contribution in [3.63, 3.8) is 0 Å². The van der Waals surface area contributed by atoms with Crippen molar-refractivity contribution >= 4 is 62.1 Å². The van der Waals surface area contributed by atoms with Crippen LogP contribution in [-0.2, 0) is 0 Å². The molecular weight excluding hydrogens is 529 g/mol. The number of nitro benzene ring substituents is 1. The van der Waals surface area contributed by atoms with Crippen LogP contribution in [0.2, 0.25) is 0 Å². The van der Waals surface area contributed by atoms with Gasteiger partial charge in [0.15, 0.2) is 0 Å². The maximum absolute atomic E-state index is 13.6. The van der Waals surface area contributed by atoms with E-state index in [-0.39, 0.29) is 11.2 Å². The number of nitrogens with zero attached hydrogens (tertiary/aromatic N) is 3. The van der Waals surface area contributed by atoms with Crippen LogP contribution in [0.15, 0.2) is 89.7 Å². The second-order valence-corrected chi connectivity index (χ2v) is 8.73. The molecule has 0 atom stereocenters. The molecule has 0 saturated heterocycles. The minimum Gasteiger partial charge on any atom is -0.268 e. The van der Waals surface area contributed by atoms with E-state index in [1.54, 1.807) is 28.9 Å². The predicted molar refractivity (Wildman–Crippen MR) is 140 cm³/mol. The van der Waals surface area contributed by atoms with Crippen LogP contribution in [0.4, 0.5) is 5.69 Å². The monoisotopic (exact) mass is 545 g/mol. The van der Waals surface area contributed by atoms with E-state index in [4.69, 9.17) is 4.98 Å². The van der Waals surface area contributed by atoms with Crippen LogP contribution < -0.4 is 5.56 Å². The molecule has 0 spiro atoms. The van der Waals surface area contributed by atoms with Crippen molar-refractivity contribution in [2.24, 2.45) is 0 Å². The molecule has 0 unspecified atom stereocenters. The Balaban J connectivity index is 1.70. The van der Waals surface area contributed by atoms with E-state index >= 15 is 0 Å². The van der Waals surface area contributed by atoms with Gasteiger partial charge in [0.05, 0.1) is 21.5 Å². The van der Waals surface area contributed by atoms with Gasteiger partial charge in [0, 0.05) is 15.7 Å². The number of hydrogen-bond acceptors (Lipinski definition) is 4. The second kappa shape index (κ2) is 8.59. The molecule has 0 saturated carbocycles. The summed E-state index contributed by atoms with van der Waals surface area (Å²) < 4.78 is 2.56. The third-order valence-corrected chi connectivity index (χ3v) is 6.05. The van der Waals surface area contributed by atoms with E-state index in [9.17, 15) is 14.9 Å². The summed E-state index contributed by atoms with van der Waals surface area (Å²) in [5.41, 5.74) is 1.97. The summed E-state index contributed by atoms with van der Waals surface area (Å²) in [5.74, 6) is 0.474. The molecule has 0 N–H and O–H groups in total. The zero-order chi connectivity index (χ0) is 22.9. The van der Waals surface area contributed by atoms with E-state index in [0.29, 0.717) is 16.7 Å². The summed E-state index contributed by atoms with van der Waals surface area (Å²) >= 11 is 2.18. The standard InChI is InChI=1S/C26H16IN3O3/c27-20-9-13-24-23(16-20)26(31)29(22-12-8-18-3-1-2-4-19(18)15-22)25(28-24)14-7-17-5-10-21(11-6-17)30(32)33/h1-16H. The maximum atomic E-state index is 13.6. The molecule has 0 amide bonds. The fourth-order valence-corrected chi connectivity index (χ4v) is 4.22. The Morgan fingerprint density at radius 1 is 0.879 bits per heavy atom. The molecule has 1 aromatic heterocycles. The van der Waals surface area contributed by atoms with E-state index in [2.05, 4.69) is 22.6 Å². The Morgan fingerprint density at radius 2 is 1.64 bits per heavy atom. The second-order valence-electron chi connectivity index (χ2n) is 7.49. The van der Waals surface area contributed by atoms with Gasteiger partial charge in [0.1, 0.15) is 5.82 Å². The Hall–Kier alpha value is -3.85. The van der Waals surface area contributed by atoms with Crippen LogP contribution in [0, 0.1) is 13.7 Å². The third-order valence-electron chi connectivity index (χ3n) is 5.38. The Labute approximate surface area is 202 Å². The highest BCUT2D eigenvalue weighted by atomic mass is 127. The van der Waals surface area contributed by atoms with Gasteiger partial charge in [-0.3, -0.25) is 19.5 Å². The van der Waals surface area contributed by atoms with Crippen LogP contribution in [0.3, 0.4) is 0 Å². The van der Waals surface area contributed by atoms with Crippen molar-refractivity contribution in [3.8, 4) is 5.69 Å². The molecule has 0 aliphatic carbocycles. The molecule has 0 aliphatic rings. The molecule has 5 rings (SSSR count). The van der Waals surface area contributed by atoms with Gasteiger partial charge in [-0.15, -0.1) is 0 Å².